The Morgan fingerprint density at radius 1 is 0.675 bits per heavy atom. The molecule has 0 spiro atoms. The van der Waals surface area contributed by atoms with E-state index in [1.807, 2.05) is 0 Å². The number of H-pyrrole nitrogens is 2. The summed E-state index contributed by atoms with van der Waals surface area (Å²) in [7, 11) is 0. The summed E-state index contributed by atoms with van der Waals surface area (Å²) in [6.07, 6.45) is -0.458. The van der Waals surface area contributed by atoms with Crippen molar-refractivity contribution in [2.24, 2.45) is 17.4 Å². The van der Waals surface area contributed by atoms with Crippen molar-refractivity contribution in [1.29, 1.82) is 0 Å². The van der Waals surface area contributed by atoms with Gasteiger partial charge in [0.25, 0.3) is 0 Å². The first-order chi connectivity index (χ1) is 39.2. The summed E-state index contributed by atoms with van der Waals surface area (Å²) >= 11 is 0. The fraction of sp³-hybridized carbons (Fsp3) is 0.558. The van der Waals surface area contributed by atoms with E-state index in [0.29, 0.717) is 24.1 Å². The van der Waals surface area contributed by atoms with E-state index in [2.05, 4.69) is 52.2 Å². The van der Waals surface area contributed by atoms with Crippen molar-refractivity contribution in [1.82, 2.24) is 62.0 Å². The van der Waals surface area contributed by atoms with Crippen LogP contribution in [0.3, 0.4) is 0 Å². The largest absolute Gasteiger partial charge is 0.481 e. The molecular formula is C52H74N14O17. The van der Waals surface area contributed by atoms with E-state index in [9.17, 15) is 83.1 Å². The van der Waals surface area contributed by atoms with Crippen LogP contribution in [0, 0.1) is 5.92 Å². The topological polar surface area (TPSA) is 493 Å². The van der Waals surface area contributed by atoms with Crippen molar-refractivity contribution in [3.8, 4) is 0 Å². The Hall–Kier alpha value is -8.55. The molecule has 2 aliphatic heterocycles. The Morgan fingerprint density at radius 2 is 1.24 bits per heavy atom. The molecule has 10 amide bonds. The number of aliphatic hydroxyl groups excluding tert-OH is 3. The lowest BCUT2D eigenvalue weighted by Crippen LogP contribution is -2.63. The maximum absolute atomic E-state index is 14.7. The van der Waals surface area contributed by atoms with E-state index in [-0.39, 0.29) is 38.8 Å². The molecule has 12 atom stereocenters. The zero-order valence-corrected chi connectivity index (χ0v) is 46.2. The first-order valence-corrected chi connectivity index (χ1v) is 26.9. The van der Waals surface area contributed by atoms with Gasteiger partial charge >= 0.3 is 11.9 Å². The lowest BCUT2D eigenvalue weighted by Gasteiger charge is -2.34. The monoisotopic (exact) mass is 1170 g/mol. The van der Waals surface area contributed by atoms with Crippen LogP contribution >= 0.6 is 0 Å². The molecule has 2 aliphatic rings. The summed E-state index contributed by atoms with van der Waals surface area (Å²) in [6.45, 7) is 4.83. The van der Waals surface area contributed by atoms with Crippen LogP contribution in [0.5, 0.6) is 0 Å². The minimum absolute atomic E-state index is 0.0662. The number of benzene rings is 1. The number of fused-ring (bicyclic) bond motifs is 1. The predicted molar refractivity (Wildman–Crippen MR) is 289 cm³/mol. The lowest BCUT2D eigenvalue weighted by atomic mass is 10.0. The van der Waals surface area contributed by atoms with Crippen molar-refractivity contribution in [3.63, 3.8) is 0 Å². The number of hydrogen-bond donors (Lipinski definition) is 16. The summed E-state index contributed by atoms with van der Waals surface area (Å²) in [6, 6.07) is -8.09. The van der Waals surface area contributed by atoms with Crippen LogP contribution in [0.25, 0.3) is 10.9 Å². The van der Waals surface area contributed by atoms with Gasteiger partial charge in [-0.3, -0.25) is 52.7 Å². The number of rotatable bonds is 30. The molecule has 454 valence electrons. The number of amides is 10. The van der Waals surface area contributed by atoms with Gasteiger partial charge in [-0.2, -0.15) is 0 Å². The number of primary amides is 1. The molecule has 5 rings (SSSR count). The molecular weight excluding hydrogens is 1090 g/mol. The lowest BCUT2D eigenvalue weighted by molar-refractivity contribution is -0.149. The highest BCUT2D eigenvalue weighted by atomic mass is 16.4. The molecule has 83 heavy (non-hydrogen) atoms. The van der Waals surface area contributed by atoms with Crippen LogP contribution < -0.4 is 48.7 Å². The van der Waals surface area contributed by atoms with Gasteiger partial charge in [-0.25, -0.2) is 9.78 Å². The predicted octanol–water partition coefficient (Wildman–Crippen LogP) is -5.39. The molecule has 2 aromatic heterocycles. The van der Waals surface area contributed by atoms with E-state index in [1.54, 1.807) is 44.3 Å². The fourth-order valence-corrected chi connectivity index (χ4v) is 9.70. The number of aromatic nitrogens is 3. The summed E-state index contributed by atoms with van der Waals surface area (Å²) in [5.74, 6) is -13.2. The molecule has 1 aromatic carbocycles. The van der Waals surface area contributed by atoms with Crippen molar-refractivity contribution < 1.29 is 83.1 Å². The molecule has 3 aromatic rings. The normalized spacial score (nSPS) is 18.7. The third kappa shape index (κ3) is 17.7. The fourth-order valence-electron chi connectivity index (χ4n) is 9.70. The number of carboxylic acid groups (broad SMARTS) is 2. The van der Waals surface area contributed by atoms with E-state index in [0.717, 1.165) is 17.8 Å². The number of imidazole rings is 1. The minimum Gasteiger partial charge on any atom is -0.481 e. The van der Waals surface area contributed by atoms with Gasteiger partial charge < -0.3 is 94.0 Å². The number of para-hydroxylation sites is 1. The highest BCUT2D eigenvalue weighted by Gasteiger charge is 2.45. The molecule has 0 radical (unpaired) electrons. The second kappa shape index (κ2) is 30.0. The third-order valence-electron chi connectivity index (χ3n) is 14.2. The zero-order valence-electron chi connectivity index (χ0n) is 46.2. The van der Waals surface area contributed by atoms with Crippen LogP contribution in [0.1, 0.15) is 83.9 Å². The summed E-state index contributed by atoms with van der Waals surface area (Å²) in [4.78, 5) is 173. The van der Waals surface area contributed by atoms with Gasteiger partial charge in [0.2, 0.25) is 59.1 Å². The van der Waals surface area contributed by atoms with Gasteiger partial charge in [0.05, 0.1) is 31.6 Å². The summed E-state index contributed by atoms with van der Waals surface area (Å²) in [5.41, 5.74) is 12.5. The minimum atomic E-state index is -1.92. The van der Waals surface area contributed by atoms with Crippen LogP contribution in [0.15, 0.2) is 43.0 Å². The number of hydrogen-bond acceptors (Lipinski definition) is 17. The Kier molecular flexibility index (Phi) is 23.6. The molecule has 2 fully saturated rings. The number of likely N-dealkylation sites (tertiary alicyclic amines) is 2. The number of aliphatic hydroxyl groups is 3. The van der Waals surface area contributed by atoms with Gasteiger partial charge in [-0.1, -0.05) is 32.0 Å². The van der Waals surface area contributed by atoms with E-state index < -0.39 is 175 Å². The van der Waals surface area contributed by atoms with Gasteiger partial charge in [0.15, 0.2) is 6.04 Å². The Labute approximate surface area is 475 Å². The quantitative estimate of drug-likeness (QED) is 0.0296. The van der Waals surface area contributed by atoms with E-state index in [1.165, 1.54) is 29.2 Å². The third-order valence-corrected chi connectivity index (χ3v) is 14.2. The molecule has 4 heterocycles. The maximum atomic E-state index is 14.7. The Balaban J connectivity index is 1.32. The van der Waals surface area contributed by atoms with Crippen LogP contribution in [-0.2, 0) is 70.4 Å². The van der Waals surface area contributed by atoms with Crippen LogP contribution in [0.4, 0.5) is 0 Å². The number of nitrogens with zero attached hydrogens (tertiary/aromatic N) is 3. The highest BCUT2D eigenvalue weighted by molar-refractivity contribution is 6.00. The summed E-state index contributed by atoms with van der Waals surface area (Å²) < 4.78 is 0. The number of carboxylic acids is 2. The van der Waals surface area contributed by atoms with Crippen molar-refractivity contribution in [2.45, 2.75) is 158 Å². The average molecular weight is 1170 g/mol. The second-order valence-electron chi connectivity index (χ2n) is 20.9. The SMILES string of the molecule is CC(C)[C@H](NC(=O)[C@H](Cc1cnc[nH]1)NC(=O)[C@@H](NC(=O)[C@H](CC(N)=O)NC(=O)[C@H](CCC(=O)O)NC(=O)[C@@H](N)CO)[C@@H](C)O)C(=O)N1CCC[C@H]1C(=O)N1CCC[C@H]1C(=O)N[C@@H](Cc1c[nH]c2ccccc12)C(=O)N[C@H](C(=O)O)[C@@H](C)O. The number of aliphatic carboxylic acids is 2. The molecule has 31 nitrogen and oxygen atoms in total. The van der Waals surface area contributed by atoms with Crippen LogP contribution in [-0.4, -0.2) is 214 Å². The summed E-state index contributed by atoms with van der Waals surface area (Å²) in [5, 5.41) is 66.6. The molecule has 0 aliphatic carbocycles. The number of nitrogens with one attached hydrogen (secondary N) is 9. The van der Waals surface area contributed by atoms with Gasteiger partial charge in [-0.15, -0.1) is 0 Å². The van der Waals surface area contributed by atoms with Gasteiger partial charge in [-0.05, 0) is 63.5 Å². The zero-order chi connectivity index (χ0) is 61.4. The molecule has 0 bridgehead atoms. The molecule has 0 unspecified atom stereocenters. The number of nitrogens with two attached hydrogens (primary N) is 2. The van der Waals surface area contributed by atoms with Crippen LogP contribution in [0.2, 0.25) is 0 Å². The Morgan fingerprint density at radius 3 is 1.83 bits per heavy atom. The molecule has 31 heteroatoms. The van der Waals surface area contributed by atoms with E-state index >= 15 is 0 Å². The smallest absolute Gasteiger partial charge is 0.328 e. The molecule has 18 N–H and O–H groups in total. The second-order valence-corrected chi connectivity index (χ2v) is 20.9. The van der Waals surface area contributed by atoms with Gasteiger partial charge in [0.1, 0.15) is 54.4 Å². The van der Waals surface area contributed by atoms with E-state index in [4.69, 9.17) is 11.5 Å². The van der Waals surface area contributed by atoms with Crippen molar-refractivity contribution >= 4 is 81.9 Å². The van der Waals surface area contributed by atoms with Gasteiger partial charge in [0, 0.05) is 61.3 Å². The number of aromatic amines is 2. The number of carbonyl (C=O) groups is 12. The first kappa shape index (κ1) is 65.3. The average Bonchev–Trinajstić information content (AvgIpc) is 4.45. The number of carbonyl (C=O) groups excluding carboxylic acids is 10. The highest BCUT2D eigenvalue weighted by Crippen LogP contribution is 2.27. The van der Waals surface area contributed by atoms with Crippen molar-refractivity contribution in [3.05, 3.63) is 54.2 Å². The standard InChI is InChI=1S/C52H74N14O17/c1-24(2)40(51(81)66-16-8-12-37(66)50(80)65-15-7-11-36(65)48(78)60-33(45(75)64-42(26(4)69)52(82)83)17-27-20-56-31-10-6-5-9-29(27)31)62-46(76)34(18-28-21-55-23-57-28)61-49(79)41(25(3)68)63-47(77)35(19-38(54)70)59-44(74)32(13-14-39(71)72)58-43(73)30(53)22-67/h5-6,9-10,20-21,23-26,30,32-37,40-42,56,67-69H,7-8,11-19,22,53H2,1-4H3,(H2,54,70)(H,55,57)(H,58,73)(H,59,74)(H,60,78)(H,61,79)(H,62,76)(H,63,77)(H,64,75)(H,71,72)(H,82,83)/t25-,26-,30+,32+,33+,34+,35+,36+,37+,40+,41+,42+/m1/s1. The molecule has 0 saturated carbocycles. The first-order valence-electron chi connectivity index (χ1n) is 26.9. The Bertz CT molecular complexity index is 2840. The molecule has 2 saturated heterocycles. The van der Waals surface area contributed by atoms with Crippen molar-refractivity contribution in [2.75, 3.05) is 19.7 Å². The maximum Gasteiger partial charge on any atom is 0.328 e.